The maximum atomic E-state index is 12.5. The van der Waals surface area contributed by atoms with Gasteiger partial charge in [0.1, 0.15) is 11.8 Å². The van der Waals surface area contributed by atoms with Crippen molar-refractivity contribution < 1.29 is 14.3 Å². The Kier molecular flexibility index (Phi) is 5.64. The number of nitrogens with one attached hydrogen (secondary N) is 2. The Morgan fingerprint density at radius 2 is 1.93 bits per heavy atom. The first-order chi connectivity index (χ1) is 13.0. The molecular weight excluding hydrogens is 342 g/mol. The first kappa shape index (κ1) is 18.8. The monoisotopic (exact) mass is 367 g/mol. The van der Waals surface area contributed by atoms with E-state index in [0.29, 0.717) is 17.9 Å². The van der Waals surface area contributed by atoms with E-state index in [9.17, 15) is 9.59 Å². The Morgan fingerprint density at radius 3 is 2.56 bits per heavy atom. The summed E-state index contributed by atoms with van der Waals surface area (Å²) in [6.07, 6.45) is 1.51. The minimum absolute atomic E-state index is 0.155. The van der Waals surface area contributed by atoms with Crippen molar-refractivity contribution in [3.8, 4) is 5.75 Å². The summed E-state index contributed by atoms with van der Waals surface area (Å²) in [5.74, 6) is 0.633. The van der Waals surface area contributed by atoms with Crippen LogP contribution in [0.5, 0.6) is 5.75 Å². The Hall–Kier alpha value is -3.02. The molecule has 2 N–H and O–H groups in total. The van der Waals surface area contributed by atoms with E-state index in [4.69, 9.17) is 4.74 Å². The van der Waals surface area contributed by atoms with Crippen molar-refractivity contribution in [2.24, 2.45) is 0 Å². The fourth-order valence-corrected chi connectivity index (χ4v) is 3.13. The molecule has 3 rings (SSSR count). The number of carbonyl (C=O) groups is 2. The number of hydrogen-bond donors (Lipinski definition) is 2. The van der Waals surface area contributed by atoms with Crippen LogP contribution in [-0.2, 0) is 9.59 Å². The van der Waals surface area contributed by atoms with Crippen LogP contribution in [0.15, 0.2) is 42.5 Å². The quantitative estimate of drug-likeness (QED) is 0.819. The number of methoxy groups -OCH3 is 1. The first-order valence-electron chi connectivity index (χ1n) is 9.10. The molecule has 1 atom stereocenters. The van der Waals surface area contributed by atoms with Crippen molar-refractivity contribution in [2.75, 3.05) is 29.2 Å². The van der Waals surface area contributed by atoms with Crippen LogP contribution >= 0.6 is 0 Å². The highest BCUT2D eigenvalue weighted by atomic mass is 16.5. The second kappa shape index (κ2) is 8.12. The van der Waals surface area contributed by atoms with Gasteiger partial charge in [0.2, 0.25) is 11.8 Å². The number of nitrogens with zero attached hydrogens (tertiary/aromatic N) is 1. The summed E-state index contributed by atoms with van der Waals surface area (Å²) in [7, 11) is 1.58. The third-order valence-electron chi connectivity index (χ3n) is 4.64. The Labute approximate surface area is 159 Å². The van der Waals surface area contributed by atoms with Crippen LogP contribution in [0.1, 0.15) is 25.3 Å². The molecule has 2 aromatic carbocycles. The van der Waals surface area contributed by atoms with Crippen molar-refractivity contribution in [3.05, 3.63) is 48.0 Å². The van der Waals surface area contributed by atoms with E-state index in [2.05, 4.69) is 10.6 Å². The van der Waals surface area contributed by atoms with Crippen LogP contribution in [0.4, 0.5) is 17.1 Å². The van der Waals surface area contributed by atoms with Gasteiger partial charge in [0, 0.05) is 24.3 Å². The fourth-order valence-electron chi connectivity index (χ4n) is 3.13. The Bertz CT molecular complexity index is 833. The van der Waals surface area contributed by atoms with Crippen molar-refractivity contribution in [1.29, 1.82) is 0 Å². The standard InChI is InChI=1S/C21H25N3O3/c1-14-6-11-19(27-3)18(13-14)23-21(26)15(2)22-16-7-9-17(10-8-16)24-12-4-5-20(24)25/h6-11,13,15,22H,4-5,12H2,1-3H3,(H,23,26)/t15-/m0/s1. The number of anilines is 3. The molecule has 1 aliphatic rings. The van der Waals surface area contributed by atoms with Gasteiger partial charge in [0.15, 0.2) is 0 Å². The lowest BCUT2D eigenvalue weighted by Crippen LogP contribution is -2.32. The van der Waals surface area contributed by atoms with E-state index < -0.39 is 6.04 Å². The topological polar surface area (TPSA) is 70.7 Å². The molecule has 0 bridgehead atoms. The van der Waals surface area contributed by atoms with Crippen LogP contribution < -0.4 is 20.3 Å². The number of ether oxygens (including phenoxy) is 1. The summed E-state index contributed by atoms with van der Waals surface area (Å²) in [5.41, 5.74) is 3.41. The highest BCUT2D eigenvalue weighted by Gasteiger charge is 2.21. The van der Waals surface area contributed by atoms with Gasteiger partial charge < -0.3 is 20.3 Å². The van der Waals surface area contributed by atoms with Gasteiger partial charge in [-0.1, -0.05) is 6.07 Å². The lowest BCUT2D eigenvalue weighted by atomic mass is 10.2. The molecule has 0 aromatic heterocycles. The molecule has 0 spiro atoms. The largest absolute Gasteiger partial charge is 0.495 e. The van der Waals surface area contributed by atoms with Gasteiger partial charge >= 0.3 is 0 Å². The highest BCUT2D eigenvalue weighted by Crippen LogP contribution is 2.26. The summed E-state index contributed by atoms with van der Waals surface area (Å²) in [5, 5.41) is 6.09. The first-order valence-corrected chi connectivity index (χ1v) is 9.10. The molecule has 2 amide bonds. The Balaban J connectivity index is 1.63. The van der Waals surface area contributed by atoms with Gasteiger partial charge in [-0.25, -0.2) is 0 Å². The van der Waals surface area contributed by atoms with Crippen LogP contribution in [0.3, 0.4) is 0 Å². The molecule has 1 fully saturated rings. The van der Waals surface area contributed by atoms with E-state index in [-0.39, 0.29) is 11.8 Å². The SMILES string of the molecule is COc1ccc(C)cc1NC(=O)[C@H](C)Nc1ccc(N2CCCC2=O)cc1. The van der Waals surface area contributed by atoms with Gasteiger partial charge in [-0.05, 0) is 62.2 Å². The van der Waals surface area contributed by atoms with Gasteiger partial charge in [-0.2, -0.15) is 0 Å². The van der Waals surface area contributed by atoms with Crippen LogP contribution in [0.25, 0.3) is 0 Å². The summed E-state index contributed by atoms with van der Waals surface area (Å²) in [4.78, 5) is 26.2. The zero-order valence-corrected chi connectivity index (χ0v) is 15.9. The zero-order chi connectivity index (χ0) is 19.4. The summed E-state index contributed by atoms with van der Waals surface area (Å²) < 4.78 is 5.30. The molecule has 0 aliphatic carbocycles. The van der Waals surface area contributed by atoms with Crippen molar-refractivity contribution in [3.63, 3.8) is 0 Å². The molecule has 0 radical (unpaired) electrons. The van der Waals surface area contributed by atoms with Crippen molar-refractivity contribution in [1.82, 2.24) is 0 Å². The molecule has 2 aromatic rings. The number of benzene rings is 2. The van der Waals surface area contributed by atoms with E-state index in [0.717, 1.165) is 29.9 Å². The number of hydrogen-bond acceptors (Lipinski definition) is 4. The molecule has 6 heteroatoms. The third kappa shape index (κ3) is 4.39. The predicted octanol–water partition coefficient (Wildman–Crippen LogP) is 3.57. The van der Waals surface area contributed by atoms with Crippen molar-refractivity contribution >= 4 is 28.9 Å². The third-order valence-corrected chi connectivity index (χ3v) is 4.64. The molecule has 142 valence electrons. The Morgan fingerprint density at radius 1 is 1.19 bits per heavy atom. The molecular formula is C21H25N3O3. The second-order valence-electron chi connectivity index (χ2n) is 6.75. The molecule has 27 heavy (non-hydrogen) atoms. The van der Waals surface area contributed by atoms with E-state index in [1.165, 1.54) is 0 Å². The molecule has 0 unspecified atom stereocenters. The molecule has 1 aliphatic heterocycles. The van der Waals surface area contributed by atoms with E-state index in [1.807, 2.05) is 49.4 Å². The van der Waals surface area contributed by atoms with Crippen LogP contribution in [0, 0.1) is 6.92 Å². The van der Waals surface area contributed by atoms with Gasteiger partial charge in [-0.3, -0.25) is 9.59 Å². The molecule has 1 saturated heterocycles. The lowest BCUT2D eigenvalue weighted by molar-refractivity contribution is -0.117. The van der Waals surface area contributed by atoms with Gasteiger partial charge in [-0.15, -0.1) is 0 Å². The minimum atomic E-state index is -0.436. The summed E-state index contributed by atoms with van der Waals surface area (Å²) in [6, 6.07) is 12.8. The molecule has 6 nitrogen and oxygen atoms in total. The summed E-state index contributed by atoms with van der Waals surface area (Å²) >= 11 is 0. The van der Waals surface area contributed by atoms with Gasteiger partial charge in [0.25, 0.3) is 0 Å². The maximum Gasteiger partial charge on any atom is 0.246 e. The fraction of sp³-hybridized carbons (Fsp3) is 0.333. The van der Waals surface area contributed by atoms with Crippen LogP contribution in [0.2, 0.25) is 0 Å². The van der Waals surface area contributed by atoms with E-state index >= 15 is 0 Å². The van der Waals surface area contributed by atoms with E-state index in [1.54, 1.807) is 18.9 Å². The molecule has 1 heterocycles. The highest BCUT2D eigenvalue weighted by molar-refractivity contribution is 5.98. The van der Waals surface area contributed by atoms with Crippen molar-refractivity contribution in [2.45, 2.75) is 32.7 Å². The van der Waals surface area contributed by atoms with Gasteiger partial charge in [0.05, 0.1) is 12.8 Å². The van der Waals surface area contributed by atoms with Crippen LogP contribution in [-0.4, -0.2) is 31.5 Å². The normalized spacial score (nSPS) is 14.8. The number of aryl methyl sites for hydroxylation is 1. The number of amides is 2. The summed E-state index contributed by atoms with van der Waals surface area (Å²) in [6.45, 7) is 4.53. The second-order valence-corrected chi connectivity index (χ2v) is 6.75. The predicted molar refractivity (Wildman–Crippen MR) is 107 cm³/mol. The number of carbonyl (C=O) groups excluding carboxylic acids is 2. The minimum Gasteiger partial charge on any atom is -0.495 e. The number of rotatable bonds is 6. The zero-order valence-electron chi connectivity index (χ0n) is 15.9. The maximum absolute atomic E-state index is 12.5. The molecule has 0 saturated carbocycles. The lowest BCUT2D eigenvalue weighted by Gasteiger charge is -2.19. The average molecular weight is 367 g/mol. The average Bonchev–Trinajstić information content (AvgIpc) is 3.08. The smallest absolute Gasteiger partial charge is 0.246 e.